The molecular formula is C19H15ClFN5. The first-order valence-electron chi connectivity index (χ1n) is 8.04. The summed E-state index contributed by atoms with van der Waals surface area (Å²) in [6.45, 7) is 1.87. The first-order chi connectivity index (χ1) is 12.5. The maximum Gasteiger partial charge on any atom is 0.198 e. The number of hydrogen-bond acceptors (Lipinski definition) is 4. The molecule has 0 aliphatic heterocycles. The van der Waals surface area contributed by atoms with Gasteiger partial charge in [-0.15, -0.1) is 0 Å². The zero-order valence-electron chi connectivity index (χ0n) is 13.9. The van der Waals surface area contributed by atoms with Gasteiger partial charge in [0, 0.05) is 12.0 Å². The van der Waals surface area contributed by atoms with Crippen molar-refractivity contribution < 1.29 is 4.39 Å². The van der Waals surface area contributed by atoms with Gasteiger partial charge in [-0.25, -0.2) is 18.9 Å². The van der Waals surface area contributed by atoms with Crippen LogP contribution in [-0.2, 0) is 6.42 Å². The molecule has 2 aromatic carbocycles. The maximum atomic E-state index is 13.5. The summed E-state index contributed by atoms with van der Waals surface area (Å²) in [5, 5.41) is 4.61. The average Bonchev–Trinajstić information content (AvgIpc) is 3.06. The smallest absolute Gasteiger partial charge is 0.198 e. The number of nitrogens with zero attached hydrogens (tertiary/aromatic N) is 4. The number of anilines is 1. The molecule has 0 saturated carbocycles. The topological polar surface area (TPSA) is 69.1 Å². The fourth-order valence-electron chi connectivity index (χ4n) is 2.88. The number of hydrogen-bond donors (Lipinski definition) is 1. The van der Waals surface area contributed by atoms with E-state index in [0.717, 1.165) is 11.3 Å². The number of benzene rings is 2. The van der Waals surface area contributed by atoms with Gasteiger partial charge in [0.05, 0.1) is 16.4 Å². The minimum atomic E-state index is -0.479. The van der Waals surface area contributed by atoms with Crippen LogP contribution in [0, 0.1) is 12.7 Å². The lowest BCUT2D eigenvalue weighted by Gasteiger charge is -2.09. The quantitative estimate of drug-likeness (QED) is 0.592. The molecule has 0 bridgehead atoms. The van der Waals surface area contributed by atoms with E-state index in [1.165, 1.54) is 12.1 Å². The third kappa shape index (κ3) is 2.88. The minimum absolute atomic E-state index is 0.0331. The molecule has 2 N–H and O–H groups in total. The first-order valence-corrected chi connectivity index (χ1v) is 8.42. The van der Waals surface area contributed by atoms with E-state index in [-0.39, 0.29) is 10.8 Å². The number of aryl methyl sites for hydroxylation is 1. The lowest BCUT2D eigenvalue weighted by atomic mass is 10.1. The van der Waals surface area contributed by atoms with Crippen molar-refractivity contribution in [3.05, 3.63) is 76.5 Å². The van der Waals surface area contributed by atoms with Gasteiger partial charge >= 0.3 is 0 Å². The summed E-state index contributed by atoms with van der Waals surface area (Å²) in [5.41, 5.74) is 9.72. The van der Waals surface area contributed by atoms with Gasteiger partial charge in [-0.2, -0.15) is 5.10 Å². The summed E-state index contributed by atoms with van der Waals surface area (Å²) in [6, 6.07) is 14.4. The van der Waals surface area contributed by atoms with Crippen LogP contribution in [0.25, 0.3) is 16.9 Å². The molecule has 0 aliphatic rings. The Hall–Kier alpha value is -2.99. The standard InChI is InChI=1S/C19H15ClFN5/c1-11-17(13-7-8-15(21)14(20)10-13)24-18(22)19-23-16(25-26(11)19)9-12-5-3-2-4-6-12/h2-8,10H,9H2,1H3,(H2,22,24). The lowest BCUT2D eigenvalue weighted by Crippen LogP contribution is -2.04. The van der Waals surface area contributed by atoms with E-state index in [9.17, 15) is 4.39 Å². The molecule has 7 heteroatoms. The molecule has 0 saturated heterocycles. The van der Waals surface area contributed by atoms with Crippen LogP contribution >= 0.6 is 11.6 Å². The van der Waals surface area contributed by atoms with Gasteiger partial charge in [0.1, 0.15) is 5.82 Å². The van der Waals surface area contributed by atoms with E-state index in [4.69, 9.17) is 17.3 Å². The molecule has 0 fully saturated rings. The lowest BCUT2D eigenvalue weighted by molar-refractivity contribution is 0.628. The Morgan fingerprint density at radius 3 is 2.62 bits per heavy atom. The van der Waals surface area contributed by atoms with E-state index >= 15 is 0 Å². The molecule has 0 atom stereocenters. The summed E-state index contributed by atoms with van der Waals surface area (Å²) in [6.07, 6.45) is 0.596. The Labute approximate surface area is 154 Å². The predicted molar refractivity (Wildman–Crippen MR) is 99.6 cm³/mol. The zero-order valence-corrected chi connectivity index (χ0v) is 14.7. The second-order valence-corrected chi connectivity index (χ2v) is 6.39. The Morgan fingerprint density at radius 1 is 1.12 bits per heavy atom. The van der Waals surface area contributed by atoms with Crippen LogP contribution in [0.1, 0.15) is 17.1 Å². The zero-order chi connectivity index (χ0) is 18.3. The second kappa shape index (κ2) is 6.38. The number of nitrogens with two attached hydrogens (primary N) is 1. The molecule has 5 nitrogen and oxygen atoms in total. The molecule has 0 radical (unpaired) electrons. The van der Waals surface area contributed by atoms with E-state index in [0.29, 0.717) is 29.1 Å². The molecule has 2 heterocycles. The van der Waals surface area contributed by atoms with E-state index < -0.39 is 5.82 Å². The van der Waals surface area contributed by atoms with E-state index in [1.54, 1.807) is 10.6 Å². The van der Waals surface area contributed by atoms with Gasteiger partial charge in [0.15, 0.2) is 17.3 Å². The summed E-state index contributed by atoms with van der Waals surface area (Å²) < 4.78 is 15.1. The number of rotatable bonds is 3. The molecule has 0 amide bonds. The highest BCUT2D eigenvalue weighted by atomic mass is 35.5. The largest absolute Gasteiger partial charge is 0.381 e. The van der Waals surface area contributed by atoms with E-state index in [2.05, 4.69) is 15.1 Å². The molecule has 4 aromatic rings. The molecule has 130 valence electrons. The Morgan fingerprint density at radius 2 is 1.88 bits per heavy atom. The summed E-state index contributed by atoms with van der Waals surface area (Å²) in [7, 11) is 0. The SMILES string of the molecule is Cc1c(-c2ccc(F)c(Cl)c2)nc(N)c2nc(Cc3ccccc3)nn12. The fraction of sp³-hybridized carbons (Fsp3) is 0.105. The average molecular weight is 368 g/mol. The van der Waals surface area contributed by atoms with Crippen LogP contribution in [0.5, 0.6) is 0 Å². The van der Waals surface area contributed by atoms with Crippen molar-refractivity contribution in [1.82, 2.24) is 19.6 Å². The minimum Gasteiger partial charge on any atom is -0.381 e. The van der Waals surface area contributed by atoms with Crippen LogP contribution < -0.4 is 5.73 Å². The Kier molecular flexibility index (Phi) is 4.05. The third-order valence-electron chi connectivity index (χ3n) is 4.17. The van der Waals surface area contributed by atoms with Gasteiger partial charge in [-0.1, -0.05) is 41.9 Å². The van der Waals surface area contributed by atoms with Crippen molar-refractivity contribution >= 4 is 23.1 Å². The molecule has 0 spiro atoms. The first kappa shape index (κ1) is 16.5. The monoisotopic (exact) mass is 367 g/mol. The van der Waals surface area contributed by atoms with Crippen molar-refractivity contribution in [3.8, 4) is 11.3 Å². The third-order valence-corrected chi connectivity index (χ3v) is 4.46. The van der Waals surface area contributed by atoms with Crippen molar-refractivity contribution in [2.75, 3.05) is 5.73 Å². The summed E-state index contributed by atoms with van der Waals surface area (Å²) in [4.78, 5) is 8.95. The molecule has 4 rings (SSSR count). The number of halogens is 2. The van der Waals surface area contributed by atoms with E-state index in [1.807, 2.05) is 37.3 Å². The van der Waals surface area contributed by atoms with Crippen LogP contribution in [0.15, 0.2) is 48.5 Å². The Bertz CT molecular complexity index is 1110. The van der Waals surface area contributed by atoms with Gasteiger partial charge in [-0.3, -0.25) is 0 Å². The maximum absolute atomic E-state index is 13.5. The van der Waals surface area contributed by atoms with Gasteiger partial charge in [0.2, 0.25) is 0 Å². The molecule has 0 aliphatic carbocycles. The number of nitrogen functional groups attached to an aromatic ring is 1. The highest BCUT2D eigenvalue weighted by molar-refractivity contribution is 6.31. The van der Waals surface area contributed by atoms with Crippen molar-refractivity contribution in [3.63, 3.8) is 0 Å². The normalized spacial score (nSPS) is 11.2. The van der Waals surface area contributed by atoms with Crippen LogP contribution in [0.2, 0.25) is 5.02 Å². The van der Waals surface area contributed by atoms with Crippen LogP contribution in [-0.4, -0.2) is 19.6 Å². The van der Waals surface area contributed by atoms with Crippen molar-refractivity contribution in [2.45, 2.75) is 13.3 Å². The summed E-state index contributed by atoms with van der Waals surface area (Å²) >= 11 is 5.90. The molecule has 0 unspecified atom stereocenters. The fourth-order valence-corrected chi connectivity index (χ4v) is 3.06. The number of fused-ring (bicyclic) bond motifs is 1. The van der Waals surface area contributed by atoms with Gasteiger partial charge < -0.3 is 5.73 Å². The number of aromatic nitrogens is 4. The molecule has 2 aromatic heterocycles. The molecule has 26 heavy (non-hydrogen) atoms. The van der Waals surface area contributed by atoms with Crippen LogP contribution in [0.3, 0.4) is 0 Å². The Balaban J connectivity index is 1.82. The van der Waals surface area contributed by atoms with Crippen molar-refractivity contribution in [1.29, 1.82) is 0 Å². The van der Waals surface area contributed by atoms with Crippen molar-refractivity contribution in [2.24, 2.45) is 0 Å². The van der Waals surface area contributed by atoms with Gasteiger partial charge in [0.25, 0.3) is 0 Å². The summed E-state index contributed by atoms with van der Waals surface area (Å²) in [5.74, 6) is 0.438. The van der Waals surface area contributed by atoms with Crippen LogP contribution in [0.4, 0.5) is 10.2 Å². The van der Waals surface area contributed by atoms with Gasteiger partial charge in [-0.05, 0) is 30.7 Å². The predicted octanol–water partition coefficient (Wildman–Crippen LogP) is 4.07. The highest BCUT2D eigenvalue weighted by Gasteiger charge is 2.16. The highest BCUT2D eigenvalue weighted by Crippen LogP contribution is 2.28. The second-order valence-electron chi connectivity index (χ2n) is 5.99. The molecular weight excluding hydrogens is 353 g/mol.